The van der Waals surface area contributed by atoms with E-state index in [0.29, 0.717) is 18.7 Å². The van der Waals surface area contributed by atoms with Crippen molar-refractivity contribution >= 4 is 0 Å². The van der Waals surface area contributed by atoms with Crippen molar-refractivity contribution in [2.75, 3.05) is 6.61 Å². The zero-order valence-corrected chi connectivity index (χ0v) is 8.25. The Kier molecular flexibility index (Phi) is 2.39. The van der Waals surface area contributed by atoms with Crippen molar-refractivity contribution in [3.63, 3.8) is 0 Å². The average molecular weight is 194 g/mol. The predicted octanol–water partition coefficient (Wildman–Crippen LogP) is -0.0833. The molecule has 0 saturated carbocycles. The van der Waals surface area contributed by atoms with E-state index in [-0.39, 0.29) is 5.56 Å². The van der Waals surface area contributed by atoms with Crippen LogP contribution in [0.25, 0.3) is 0 Å². The Morgan fingerprint density at radius 3 is 3.14 bits per heavy atom. The largest absolute Gasteiger partial charge is 0.375 e. The first-order valence-electron chi connectivity index (χ1n) is 4.72. The van der Waals surface area contributed by atoms with Crippen LogP contribution in [0.2, 0.25) is 0 Å². The number of fused-ring (bicyclic) bond motifs is 1. The van der Waals surface area contributed by atoms with Gasteiger partial charge in [0.25, 0.3) is 5.56 Å². The van der Waals surface area contributed by atoms with Gasteiger partial charge in [-0.25, -0.2) is 0 Å². The molecule has 4 heteroatoms. The molecular formula is C10H14N2O2. The molecule has 0 radical (unpaired) electrons. The van der Waals surface area contributed by atoms with Gasteiger partial charge >= 0.3 is 0 Å². The summed E-state index contributed by atoms with van der Waals surface area (Å²) in [6, 6.07) is 1.92. The molecule has 1 aromatic heterocycles. The van der Waals surface area contributed by atoms with Crippen molar-refractivity contribution in [3.05, 3.63) is 33.2 Å². The van der Waals surface area contributed by atoms with Crippen LogP contribution in [0.15, 0.2) is 10.9 Å². The molecule has 0 bridgehead atoms. The quantitative estimate of drug-likeness (QED) is 0.680. The Morgan fingerprint density at radius 2 is 2.43 bits per heavy atom. The zero-order valence-electron chi connectivity index (χ0n) is 8.25. The molecule has 0 amide bonds. The molecule has 2 N–H and O–H groups in total. The maximum atomic E-state index is 11.7. The maximum Gasteiger partial charge on any atom is 0.255 e. The van der Waals surface area contributed by atoms with Gasteiger partial charge in [-0.2, -0.15) is 0 Å². The number of ether oxygens (including phenoxy) is 1. The predicted molar refractivity (Wildman–Crippen MR) is 52.9 cm³/mol. The third-order valence-corrected chi connectivity index (χ3v) is 2.68. The summed E-state index contributed by atoms with van der Waals surface area (Å²) in [6.07, 6.45) is 0.871. The Balaban J connectivity index is 2.63. The van der Waals surface area contributed by atoms with E-state index in [9.17, 15) is 4.79 Å². The van der Waals surface area contributed by atoms with Gasteiger partial charge in [0.05, 0.1) is 13.2 Å². The standard InChI is InChI=1S/C10H14N2O2/c1-12-9-6-14-3-2-7(9)4-8(5-11)10(12)13/h4H,2-3,5-6,11H2,1H3. The fraction of sp³-hybridized carbons (Fsp3) is 0.500. The minimum absolute atomic E-state index is 0.00301. The van der Waals surface area contributed by atoms with Gasteiger partial charge in [-0.1, -0.05) is 0 Å². The van der Waals surface area contributed by atoms with Crippen molar-refractivity contribution in [1.29, 1.82) is 0 Å². The zero-order chi connectivity index (χ0) is 10.1. The molecular weight excluding hydrogens is 180 g/mol. The molecule has 0 atom stereocenters. The molecule has 0 spiro atoms. The highest BCUT2D eigenvalue weighted by atomic mass is 16.5. The van der Waals surface area contributed by atoms with E-state index in [1.807, 2.05) is 6.07 Å². The van der Waals surface area contributed by atoms with E-state index in [4.69, 9.17) is 10.5 Å². The molecule has 1 aromatic rings. The molecule has 76 valence electrons. The number of pyridine rings is 1. The van der Waals surface area contributed by atoms with E-state index >= 15 is 0 Å². The molecule has 4 nitrogen and oxygen atoms in total. The number of hydrogen-bond donors (Lipinski definition) is 1. The number of nitrogens with zero attached hydrogens (tertiary/aromatic N) is 1. The van der Waals surface area contributed by atoms with Gasteiger partial charge in [-0.3, -0.25) is 4.79 Å². The molecule has 1 aliphatic rings. The smallest absolute Gasteiger partial charge is 0.255 e. The third-order valence-electron chi connectivity index (χ3n) is 2.68. The summed E-state index contributed by atoms with van der Waals surface area (Å²) in [5.74, 6) is 0. The molecule has 0 aliphatic carbocycles. The number of aromatic nitrogens is 1. The Bertz CT molecular complexity index is 409. The minimum Gasteiger partial charge on any atom is -0.375 e. The molecule has 14 heavy (non-hydrogen) atoms. The van der Waals surface area contributed by atoms with Gasteiger partial charge < -0.3 is 15.0 Å². The Labute approximate surface area is 82.3 Å². The normalized spacial score (nSPS) is 15.3. The summed E-state index contributed by atoms with van der Waals surface area (Å²) >= 11 is 0. The molecule has 0 fully saturated rings. The first-order chi connectivity index (χ1) is 6.74. The van der Waals surface area contributed by atoms with Gasteiger partial charge in [0.15, 0.2) is 0 Å². The van der Waals surface area contributed by atoms with E-state index in [2.05, 4.69) is 0 Å². The lowest BCUT2D eigenvalue weighted by molar-refractivity contribution is 0.104. The fourth-order valence-corrected chi connectivity index (χ4v) is 1.81. The number of rotatable bonds is 1. The van der Waals surface area contributed by atoms with Crippen molar-refractivity contribution in [1.82, 2.24) is 4.57 Å². The van der Waals surface area contributed by atoms with Crippen LogP contribution in [0.5, 0.6) is 0 Å². The van der Waals surface area contributed by atoms with Crippen molar-refractivity contribution in [3.8, 4) is 0 Å². The van der Waals surface area contributed by atoms with Crippen LogP contribution in [-0.4, -0.2) is 11.2 Å². The Hall–Kier alpha value is -1.13. The summed E-state index contributed by atoms with van der Waals surface area (Å²) in [4.78, 5) is 11.7. The molecule has 1 aliphatic heterocycles. The number of nitrogens with two attached hydrogens (primary N) is 1. The lowest BCUT2D eigenvalue weighted by Gasteiger charge is -2.20. The third kappa shape index (κ3) is 1.36. The van der Waals surface area contributed by atoms with Crippen LogP contribution < -0.4 is 11.3 Å². The first-order valence-corrected chi connectivity index (χ1v) is 4.72. The van der Waals surface area contributed by atoms with Crippen LogP contribution in [0, 0.1) is 0 Å². The summed E-state index contributed by atoms with van der Waals surface area (Å²) in [5, 5.41) is 0. The highest BCUT2D eigenvalue weighted by Gasteiger charge is 2.15. The fourth-order valence-electron chi connectivity index (χ4n) is 1.81. The van der Waals surface area contributed by atoms with Crippen molar-refractivity contribution in [2.45, 2.75) is 19.6 Å². The lowest BCUT2D eigenvalue weighted by Crippen LogP contribution is -2.29. The van der Waals surface area contributed by atoms with Gasteiger partial charge in [0.2, 0.25) is 0 Å². The Morgan fingerprint density at radius 1 is 1.64 bits per heavy atom. The average Bonchev–Trinajstić information content (AvgIpc) is 2.23. The van der Waals surface area contributed by atoms with Crippen LogP contribution in [-0.2, 0) is 31.4 Å². The summed E-state index contributed by atoms with van der Waals surface area (Å²) in [5.41, 5.74) is 8.37. The molecule has 0 aromatic carbocycles. The van der Waals surface area contributed by atoms with Crippen LogP contribution in [0.4, 0.5) is 0 Å². The maximum absolute atomic E-state index is 11.7. The topological polar surface area (TPSA) is 57.2 Å². The monoisotopic (exact) mass is 194 g/mol. The van der Waals surface area contributed by atoms with Crippen LogP contribution in [0.3, 0.4) is 0 Å². The van der Waals surface area contributed by atoms with Gasteiger partial charge in [0, 0.05) is 24.8 Å². The second-order valence-electron chi connectivity index (χ2n) is 3.51. The van der Waals surface area contributed by atoms with E-state index < -0.39 is 0 Å². The van der Waals surface area contributed by atoms with Gasteiger partial charge in [-0.15, -0.1) is 0 Å². The van der Waals surface area contributed by atoms with Crippen LogP contribution >= 0.6 is 0 Å². The summed E-state index contributed by atoms with van der Waals surface area (Å²) < 4.78 is 6.96. The van der Waals surface area contributed by atoms with Gasteiger partial charge in [0.1, 0.15) is 0 Å². The van der Waals surface area contributed by atoms with E-state index in [0.717, 1.165) is 18.7 Å². The minimum atomic E-state index is -0.00301. The first kappa shape index (κ1) is 9.43. The lowest BCUT2D eigenvalue weighted by atomic mass is 10.1. The molecule has 0 saturated heterocycles. The summed E-state index contributed by atoms with van der Waals surface area (Å²) in [7, 11) is 1.77. The van der Waals surface area contributed by atoms with Crippen LogP contribution in [0.1, 0.15) is 16.8 Å². The number of hydrogen-bond acceptors (Lipinski definition) is 3. The second kappa shape index (κ2) is 3.55. The van der Waals surface area contributed by atoms with Crippen molar-refractivity contribution in [2.24, 2.45) is 12.8 Å². The SMILES string of the molecule is Cn1c2c(cc(CN)c1=O)CCOC2. The highest BCUT2D eigenvalue weighted by Crippen LogP contribution is 2.15. The van der Waals surface area contributed by atoms with E-state index in [1.165, 1.54) is 5.56 Å². The van der Waals surface area contributed by atoms with E-state index in [1.54, 1.807) is 11.6 Å². The van der Waals surface area contributed by atoms with Crippen molar-refractivity contribution < 1.29 is 4.74 Å². The molecule has 2 heterocycles. The summed E-state index contributed by atoms with van der Waals surface area (Å²) in [6.45, 7) is 1.57. The highest BCUT2D eigenvalue weighted by molar-refractivity contribution is 5.27. The second-order valence-corrected chi connectivity index (χ2v) is 3.51. The molecule has 2 rings (SSSR count). The van der Waals surface area contributed by atoms with Gasteiger partial charge in [-0.05, 0) is 18.1 Å². The molecule has 0 unspecified atom stereocenters.